The quantitative estimate of drug-likeness (QED) is 0.192. The molecule has 0 spiro atoms. The first kappa shape index (κ1) is 26.5. The van der Waals surface area contributed by atoms with Gasteiger partial charge < -0.3 is 34.7 Å². The van der Waals surface area contributed by atoms with Gasteiger partial charge in [0, 0.05) is 23.7 Å². The van der Waals surface area contributed by atoms with E-state index >= 15 is 0 Å². The molecule has 0 saturated carbocycles. The second kappa shape index (κ2) is 11.7. The maximum Gasteiger partial charge on any atom is 0.339 e. The van der Waals surface area contributed by atoms with Crippen LogP contribution in [0.4, 0.5) is 21.0 Å². The molecule has 200 valence electrons. The van der Waals surface area contributed by atoms with Crippen molar-refractivity contribution in [1.82, 2.24) is 10.3 Å². The van der Waals surface area contributed by atoms with E-state index in [9.17, 15) is 19.5 Å². The lowest BCUT2D eigenvalue weighted by molar-refractivity contribution is 0.0602. The third-order valence-electron chi connectivity index (χ3n) is 5.46. The number of pyridine rings is 1. The van der Waals surface area contributed by atoms with Crippen LogP contribution >= 0.6 is 0 Å². The summed E-state index contributed by atoms with van der Waals surface area (Å²) in [5, 5.41) is 17.9. The summed E-state index contributed by atoms with van der Waals surface area (Å²) < 4.78 is 21.3. The van der Waals surface area contributed by atoms with Crippen molar-refractivity contribution in [2.75, 3.05) is 32.0 Å². The molecule has 4 aromatic rings. The third kappa shape index (κ3) is 6.07. The second-order valence-electron chi connectivity index (χ2n) is 7.88. The smallest absolute Gasteiger partial charge is 0.339 e. The number of nitrogens with one attached hydrogen (secondary N) is 3. The molecule has 4 N–H and O–H groups in total. The van der Waals surface area contributed by atoms with E-state index in [0.717, 1.165) is 0 Å². The van der Waals surface area contributed by atoms with Crippen LogP contribution in [0.15, 0.2) is 66.9 Å². The van der Waals surface area contributed by atoms with Gasteiger partial charge in [-0.3, -0.25) is 10.3 Å². The van der Waals surface area contributed by atoms with Crippen molar-refractivity contribution < 1.29 is 38.4 Å². The summed E-state index contributed by atoms with van der Waals surface area (Å²) in [6, 6.07) is 13.6. The van der Waals surface area contributed by atoms with Crippen molar-refractivity contribution >= 4 is 40.3 Å². The molecule has 0 saturated heterocycles. The average molecular weight is 533 g/mol. The summed E-state index contributed by atoms with van der Waals surface area (Å²) in [4.78, 5) is 40.8. The van der Waals surface area contributed by atoms with Crippen LogP contribution in [0.5, 0.6) is 28.7 Å². The van der Waals surface area contributed by atoms with Crippen LogP contribution in [-0.4, -0.2) is 49.5 Å². The Bertz CT molecular complexity index is 1560. The van der Waals surface area contributed by atoms with Crippen LogP contribution in [0.2, 0.25) is 0 Å². The van der Waals surface area contributed by atoms with Crippen molar-refractivity contribution in [3.8, 4) is 28.7 Å². The molecule has 0 unspecified atom stereocenters. The number of imide groups is 1. The molecule has 0 fully saturated rings. The fraction of sp³-hybridized carbons (Fsp3) is 0.111. The van der Waals surface area contributed by atoms with Gasteiger partial charge in [-0.15, -0.1) is 0 Å². The lowest BCUT2D eigenvalue weighted by Crippen LogP contribution is -2.37. The number of nitrogens with zero attached hydrogens (tertiary/aromatic N) is 1. The van der Waals surface area contributed by atoms with Crippen molar-refractivity contribution in [3.63, 3.8) is 0 Å². The number of para-hydroxylation sites is 1. The molecule has 0 atom stereocenters. The molecule has 1 heterocycles. The second-order valence-corrected chi connectivity index (χ2v) is 7.88. The van der Waals surface area contributed by atoms with E-state index in [-0.39, 0.29) is 28.4 Å². The molecular formula is C27H24N4O8. The minimum Gasteiger partial charge on any atom is -0.506 e. The predicted octanol–water partition coefficient (Wildman–Crippen LogP) is 4.89. The van der Waals surface area contributed by atoms with Gasteiger partial charge in [-0.25, -0.2) is 14.4 Å². The summed E-state index contributed by atoms with van der Waals surface area (Å²) >= 11 is 0. The van der Waals surface area contributed by atoms with E-state index in [2.05, 4.69) is 25.7 Å². The Labute approximate surface area is 222 Å². The number of methoxy groups -OCH3 is 3. The molecule has 12 heteroatoms. The Balaban J connectivity index is 1.43. The number of carbonyl (C=O) groups is 3. The first-order chi connectivity index (χ1) is 18.8. The van der Waals surface area contributed by atoms with Crippen LogP contribution in [0, 0.1) is 0 Å². The number of carbonyl (C=O) groups excluding carboxylic acids is 3. The number of phenols is 1. The van der Waals surface area contributed by atoms with E-state index in [1.165, 1.54) is 51.7 Å². The number of phenolic OH excluding ortho intramolecular Hbond substituents is 1. The van der Waals surface area contributed by atoms with Gasteiger partial charge in [0.1, 0.15) is 17.2 Å². The molecule has 3 aromatic carbocycles. The lowest BCUT2D eigenvalue weighted by atomic mass is 10.2. The Morgan fingerprint density at radius 1 is 0.795 bits per heavy atom. The Morgan fingerprint density at radius 3 is 2.18 bits per heavy atom. The Morgan fingerprint density at radius 2 is 1.49 bits per heavy atom. The van der Waals surface area contributed by atoms with E-state index in [1.54, 1.807) is 36.5 Å². The van der Waals surface area contributed by atoms with Gasteiger partial charge in [-0.1, -0.05) is 12.1 Å². The molecule has 0 aliphatic rings. The summed E-state index contributed by atoms with van der Waals surface area (Å²) in [5.74, 6) is 0.773. The fourth-order valence-corrected chi connectivity index (χ4v) is 3.63. The number of fused-ring (bicyclic) bond motifs is 1. The van der Waals surface area contributed by atoms with E-state index in [0.29, 0.717) is 28.2 Å². The summed E-state index contributed by atoms with van der Waals surface area (Å²) in [5.41, 5.74) is 0.896. The zero-order valence-corrected chi connectivity index (χ0v) is 21.1. The number of aromatic nitrogens is 1. The van der Waals surface area contributed by atoms with E-state index in [1.807, 2.05) is 0 Å². The molecule has 0 aliphatic carbocycles. The molecule has 1 aromatic heterocycles. The predicted molar refractivity (Wildman–Crippen MR) is 142 cm³/mol. The number of hydrogen-bond acceptors (Lipinski definition) is 9. The maximum absolute atomic E-state index is 12.3. The Kier molecular flexibility index (Phi) is 7.95. The van der Waals surface area contributed by atoms with Crippen LogP contribution in [0.25, 0.3) is 10.9 Å². The highest BCUT2D eigenvalue weighted by Crippen LogP contribution is 2.38. The first-order valence-electron chi connectivity index (χ1n) is 11.4. The number of urea groups is 2. The van der Waals surface area contributed by atoms with Crippen LogP contribution in [0.3, 0.4) is 0 Å². The summed E-state index contributed by atoms with van der Waals surface area (Å²) in [6.07, 6.45) is 1.57. The monoisotopic (exact) mass is 532 g/mol. The Hall–Kier alpha value is -5.52. The largest absolute Gasteiger partial charge is 0.506 e. The molecule has 0 aliphatic heterocycles. The summed E-state index contributed by atoms with van der Waals surface area (Å²) in [6.45, 7) is 0. The topological polar surface area (TPSA) is 157 Å². The van der Waals surface area contributed by atoms with Crippen LogP contribution in [-0.2, 0) is 4.74 Å². The number of ether oxygens (including phenoxy) is 4. The average Bonchev–Trinajstić information content (AvgIpc) is 2.93. The SMILES string of the molecule is COC(=O)c1ccccc1NC(=O)NC(=O)Nc1ccc(Oc2ccnc3cc(OC)c(OC)cc23)cc1O. The van der Waals surface area contributed by atoms with Crippen LogP contribution in [0.1, 0.15) is 10.4 Å². The molecule has 0 radical (unpaired) electrons. The highest BCUT2D eigenvalue weighted by molar-refractivity contribution is 6.08. The maximum atomic E-state index is 12.3. The van der Waals surface area contributed by atoms with Crippen molar-refractivity contribution in [2.45, 2.75) is 0 Å². The number of rotatable bonds is 7. The third-order valence-corrected chi connectivity index (χ3v) is 5.46. The standard InChI is InChI=1S/C27H24N4O8/c1-36-23-13-17-20(14-24(23)37-2)28-11-10-22(17)39-15-8-9-19(21(32)12-15)30-27(35)31-26(34)29-18-7-5-4-6-16(18)25(33)38-3/h4-14,32H,1-3H3,(H3,29,30,31,34,35). The summed E-state index contributed by atoms with van der Waals surface area (Å²) in [7, 11) is 4.26. The van der Waals surface area contributed by atoms with Gasteiger partial charge in [0.2, 0.25) is 0 Å². The highest BCUT2D eigenvalue weighted by Gasteiger charge is 2.16. The van der Waals surface area contributed by atoms with Gasteiger partial charge in [-0.05, 0) is 36.4 Å². The number of aromatic hydroxyl groups is 1. The lowest BCUT2D eigenvalue weighted by Gasteiger charge is -2.14. The number of amides is 4. The number of hydrogen-bond donors (Lipinski definition) is 4. The minimum atomic E-state index is -0.923. The number of anilines is 2. The number of esters is 1. The molecular weight excluding hydrogens is 508 g/mol. The normalized spacial score (nSPS) is 10.3. The molecule has 4 rings (SSSR count). The van der Waals surface area contributed by atoms with Gasteiger partial charge >= 0.3 is 18.0 Å². The van der Waals surface area contributed by atoms with Crippen molar-refractivity contribution in [3.05, 3.63) is 72.4 Å². The zero-order valence-electron chi connectivity index (χ0n) is 21.1. The molecule has 0 bridgehead atoms. The zero-order chi connectivity index (χ0) is 27.9. The number of benzene rings is 3. The molecule has 4 amide bonds. The fourth-order valence-electron chi connectivity index (χ4n) is 3.63. The van der Waals surface area contributed by atoms with Gasteiger partial charge in [0.25, 0.3) is 0 Å². The minimum absolute atomic E-state index is 0.0219. The van der Waals surface area contributed by atoms with Gasteiger partial charge in [0.15, 0.2) is 11.5 Å². The van der Waals surface area contributed by atoms with Gasteiger partial charge in [-0.2, -0.15) is 0 Å². The highest BCUT2D eigenvalue weighted by atomic mass is 16.5. The van der Waals surface area contributed by atoms with E-state index in [4.69, 9.17) is 14.2 Å². The van der Waals surface area contributed by atoms with Crippen molar-refractivity contribution in [2.24, 2.45) is 0 Å². The molecule has 12 nitrogen and oxygen atoms in total. The van der Waals surface area contributed by atoms with E-state index < -0.39 is 18.0 Å². The van der Waals surface area contributed by atoms with Crippen LogP contribution < -0.4 is 30.2 Å². The molecule has 39 heavy (non-hydrogen) atoms. The first-order valence-corrected chi connectivity index (χ1v) is 11.4. The van der Waals surface area contributed by atoms with Crippen molar-refractivity contribution in [1.29, 1.82) is 0 Å². The van der Waals surface area contributed by atoms with Gasteiger partial charge in [0.05, 0.1) is 43.8 Å².